The molecule has 0 saturated carbocycles. The molecule has 1 unspecified atom stereocenters. The molecular formula is C34H51N3O18. The van der Waals surface area contributed by atoms with Crippen molar-refractivity contribution in [3.05, 3.63) is 10.4 Å². The van der Waals surface area contributed by atoms with Crippen molar-refractivity contribution < 1.29 is 91.2 Å². The Bertz CT molecular complexity index is 1460. The second-order valence-corrected chi connectivity index (χ2v) is 12.1. The van der Waals surface area contributed by atoms with Gasteiger partial charge in [0, 0.05) is 64.9 Å². The highest BCUT2D eigenvalue weighted by molar-refractivity contribution is 5.69. The first-order chi connectivity index (χ1) is 28.2. The van der Waals surface area contributed by atoms with Gasteiger partial charge in [-0.25, -0.2) is 0 Å². The molecular weight excluding hydrogens is 738 g/mol. The van der Waals surface area contributed by atoms with Crippen LogP contribution in [0.5, 0.6) is 0 Å². The summed E-state index contributed by atoms with van der Waals surface area (Å²) >= 11 is 0. The Balaban J connectivity index is 2.47. The third kappa shape index (κ3) is 16.4. The number of ether oxygens (including phenoxy) is 11. The molecule has 2 heterocycles. The summed E-state index contributed by atoms with van der Waals surface area (Å²) in [4.78, 5) is 88.2. The van der Waals surface area contributed by atoms with Crippen LogP contribution in [0.3, 0.4) is 0 Å². The smallest absolute Gasteiger partial charge is 0.305 e. The number of unbranched alkanes of at least 4 members (excludes halogenated alkanes) is 5. The summed E-state index contributed by atoms with van der Waals surface area (Å²) in [5.41, 5.74) is 9.44. The Hall–Kier alpha value is -4.56. The van der Waals surface area contributed by atoms with E-state index < -0.39 is 138 Å². The molecule has 310 valence electrons. The molecule has 10 atom stereocenters. The van der Waals surface area contributed by atoms with Gasteiger partial charge in [0.25, 0.3) is 0 Å². The minimum atomic E-state index is -1.88. The van der Waals surface area contributed by atoms with Crippen molar-refractivity contribution in [2.75, 3.05) is 26.9 Å². The predicted molar refractivity (Wildman–Crippen MR) is 181 cm³/mol. The number of rotatable bonds is 21. The summed E-state index contributed by atoms with van der Waals surface area (Å²) in [6, 6.07) is -1.41. The van der Waals surface area contributed by atoms with E-state index in [0.29, 0.717) is 25.7 Å². The number of azide groups is 1. The number of hydrogen-bond acceptors (Lipinski definition) is 19. The van der Waals surface area contributed by atoms with Gasteiger partial charge in [0.05, 0.1) is 13.7 Å². The van der Waals surface area contributed by atoms with Gasteiger partial charge in [-0.15, -0.1) is 0 Å². The van der Waals surface area contributed by atoms with Crippen molar-refractivity contribution in [1.82, 2.24) is 0 Å². The Morgan fingerprint density at radius 1 is 0.618 bits per heavy atom. The van der Waals surface area contributed by atoms with Gasteiger partial charge in [0.2, 0.25) is 0 Å². The fourth-order valence-corrected chi connectivity index (χ4v) is 5.75. The molecule has 2 rings (SSSR count). The second kappa shape index (κ2) is 24.1. The van der Waals surface area contributed by atoms with Gasteiger partial charge in [-0.1, -0.05) is 30.8 Å². The normalized spacial score (nSPS) is 28.3. The summed E-state index contributed by atoms with van der Waals surface area (Å²) < 4.78 is 90.3. The van der Waals surface area contributed by atoms with E-state index in [9.17, 15) is 39.1 Å². The highest BCUT2D eigenvalue weighted by Gasteiger charge is 2.55. The molecule has 0 spiro atoms. The molecule has 0 aliphatic carbocycles. The van der Waals surface area contributed by atoms with E-state index in [2.05, 4.69) is 14.8 Å². The molecule has 21 nitrogen and oxygen atoms in total. The standard InChI is InChI=1S/C34H51N3O18/c1-18(38)47-16-24-29(50-20(3)40)31(52-22(5)42)32(53-23(6)43)34(55-24)48-17-25-28(49-19(2)39)30(51-21(4)41)27(36-37-35)33(54-25)46-15-13-11-9-8-10-12-14-26(44)45-7/h24-25,27-34H,8-17H2,1-7H3/t24-,25-,27-,28-,29+,30-,31+,32-,33-,34?/m1/s1/i1D,3D,5D,6D. The molecule has 2 saturated heterocycles. The fraction of sp³-hybridized carbons (Fsp3) is 0.794. The second-order valence-electron chi connectivity index (χ2n) is 12.1. The van der Waals surface area contributed by atoms with Gasteiger partial charge in [0.15, 0.2) is 43.1 Å². The third-order valence-corrected chi connectivity index (χ3v) is 7.92. The lowest BCUT2D eigenvalue weighted by Gasteiger charge is -2.46. The van der Waals surface area contributed by atoms with Crippen LogP contribution in [0, 0.1) is 0 Å². The summed E-state index contributed by atoms with van der Waals surface area (Å²) in [7, 11) is 1.32. The number of carbonyl (C=O) groups is 7. The van der Waals surface area contributed by atoms with Gasteiger partial charge in [-0.2, -0.15) is 0 Å². The molecule has 0 N–H and O–H groups in total. The minimum Gasteiger partial charge on any atom is -0.469 e. The number of carbonyl (C=O) groups excluding carboxylic acids is 7. The van der Waals surface area contributed by atoms with Crippen LogP contribution in [-0.2, 0) is 85.7 Å². The molecule has 0 bridgehead atoms. The largest absolute Gasteiger partial charge is 0.469 e. The van der Waals surface area contributed by atoms with Crippen LogP contribution in [0.15, 0.2) is 5.11 Å². The van der Waals surface area contributed by atoms with E-state index >= 15 is 0 Å². The lowest BCUT2D eigenvalue weighted by molar-refractivity contribution is -0.324. The van der Waals surface area contributed by atoms with E-state index in [1.807, 2.05) is 0 Å². The Labute approximate surface area is 323 Å². The van der Waals surface area contributed by atoms with Gasteiger partial charge >= 0.3 is 41.8 Å². The van der Waals surface area contributed by atoms with Crippen LogP contribution in [0.2, 0.25) is 0 Å². The van der Waals surface area contributed by atoms with E-state index in [-0.39, 0.29) is 12.6 Å². The van der Waals surface area contributed by atoms with E-state index in [0.717, 1.165) is 33.1 Å². The average molecular weight is 794 g/mol. The zero-order chi connectivity index (χ0) is 43.9. The highest BCUT2D eigenvalue weighted by Crippen LogP contribution is 2.33. The quantitative estimate of drug-likeness (QED) is 0.0402. The Kier molecular flexibility index (Phi) is 17.5. The van der Waals surface area contributed by atoms with E-state index in [1.54, 1.807) is 0 Å². The number of nitrogens with zero attached hydrogens (tertiary/aromatic N) is 3. The van der Waals surface area contributed by atoms with Gasteiger partial charge in [-0.05, 0) is 18.4 Å². The third-order valence-electron chi connectivity index (χ3n) is 7.92. The lowest BCUT2D eigenvalue weighted by Crippen LogP contribution is -2.64. The molecule has 0 radical (unpaired) electrons. The maximum absolute atomic E-state index is 12.5. The molecule has 0 aromatic rings. The summed E-state index contributed by atoms with van der Waals surface area (Å²) in [5, 5.41) is 3.71. The predicted octanol–water partition coefficient (Wildman–Crippen LogP) is 2.27. The molecule has 0 amide bonds. The SMILES string of the molecule is [2H]CC(=O)OC[C@H]1OC(OC[C@H]2O[C@@H](OCCCCCCCCC(=O)OC)[C@H](N=[N+]=[N-])[C@@H](OC(C)=O)[C@@H]2OC(C)=O)[C@H](OC(=O)C[2H])[C@@H](OC(=O)C[2H])[C@H]1OC(=O)C[2H]. The maximum atomic E-state index is 12.5. The molecule has 2 fully saturated rings. The van der Waals surface area contributed by atoms with Crippen LogP contribution in [0.25, 0.3) is 10.4 Å². The first-order valence-electron chi connectivity index (χ1n) is 20.0. The van der Waals surface area contributed by atoms with Gasteiger partial charge in [-0.3, -0.25) is 33.6 Å². The van der Waals surface area contributed by atoms with Gasteiger partial charge < -0.3 is 52.1 Å². The molecule has 0 aromatic heterocycles. The van der Waals surface area contributed by atoms with Crippen molar-refractivity contribution in [3.63, 3.8) is 0 Å². The molecule has 2 aliphatic rings. The van der Waals surface area contributed by atoms with Crippen molar-refractivity contribution in [2.24, 2.45) is 5.11 Å². The van der Waals surface area contributed by atoms with Crippen molar-refractivity contribution in [1.29, 1.82) is 0 Å². The average Bonchev–Trinajstić information content (AvgIpc) is 3.21. The first-order valence-corrected chi connectivity index (χ1v) is 17.1. The fourth-order valence-electron chi connectivity index (χ4n) is 5.75. The zero-order valence-corrected chi connectivity index (χ0v) is 30.9. The first kappa shape index (κ1) is 40.1. The van der Waals surface area contributed by atoms with Crippen molar-refractivity contribution in [2.45, 2.75) is 148 Å². The van der Waals surface area contributed by atoms with Gasteiger partial charge in [0.1, 0.15) is 24.9 Å². The number of methoxy groups -OCH3 is 1. The number of hydrogen-bond donors (Lipinski definition) is 0. The lowest BCUT2D eigenvalue weighted by atomic mass is 9.96. The van der Waals surface area contributed by atoms with E-state index in [4.69, 9.17) is 52.9 Å². The minimum absolute atomic E-state index is 0.0555. The zero-order valence-electron chi connectivity index (χ0n) is 34.9. The summed E-state index contributed by atoms with van der Waals surface area (Å²) in [6.45, 7) is -3.03. The van der Waals surface area contributed by atoms with Crippen LogP contribution in [0.4, 0.5) is 0 Å². The monoisotopic (exact) mass is 793 g/mol. The van der Waals surface area contributed by atoms with Crippen molar-refractivity contribution in [3.8, 4) is 0 Å². The topological polar surface area (TPSA) is 270 Å². The Morgan fingerprint density at radius 3 is 1.73 bits per heavy atom. The highest BCUT2D eigenvalue weighted by atomic mass is 16.8. The molecule has 2 aliphatic heterocycles. The van der Waals surface area contributed by atoms with Crippen LogP contribution < -0.4 is 0 Å². The van der Waals surface area contributed by atoms with Crippen LogP contribution in [0.1, 0.15) is 91.9 Å². The summed E-state index contributed by atoms with van der Waals surface area (Å²) in [5.74, 6) is -6.70. The number of esters is 7. The summed E-state index contributed by atoms with van der Waals surface area (Å²) in [6.07, 6.45) is -10.3. The van der Waals surface area contributed by atoms with Crippen molar-refractivity contribution >= 4 is 41.8 Å². The molecule has 55 heavy (non-hydrogen) atoms. The van der Waals surface area contributed by atoms with Crippen LogP contribution in [-0.4, -0.2) is 130 Å². The maximum Gasteiger partial charge on any atom is 0.305 e. The molecule has 0 aromatic carbocycles. The van der Waals surface area contributed by atoms with Crippen LogP contribution >= 0.6 is 0 Å². The Morgan fingerprint density at radius 2 is 1.13 bits per heavy atom. The van der Waals surface area contributed by atoms with E-state index in [1.165, 1.54) is 7.11 Å². The molecule has 21 heteroatoms.